The Morgan fingerprint density at radius 1 is 0.950 bits per heavy atom. The summed E-state index contributed by atoms with van der Waals surface area (Å²) in [6.45, 7) is 0.775. The van der Waals surface area contributed by atoms with Gasteiger partial charge in [-0.3, -0.25) is 4.99 Å². The van der Waals surface area contributed by atoms with E-state index in [-0.39, 0.29) is 6.04 Å². The largest absolute Gasteiger partial charge is 0.360 e. The highest BCUT2D eigenvalue weighted by Crippen LogP contribution is 2.23. The molecule has 0 radical (unpaired) electrons. The number of nitrogens with zero attached hydrogens (tertiary/aromatic N) is 1. The lowest BCUT2D eigenvalue weighted by molar-refractivity contribution is 0.692. The van der Waals surface area contributed by atoms with Crippen LogP contribution >= 0.6 is 0 Å². The third-order valence-corrected chi connectivity index (χ3v) is 3.72. The number of aromatic amines is 1. The summed E-state index contributed by atoms with van der Waals surface area (Å²) >= 11 is 0. The molecular weight excluding hydrogens is 246 g/mol. The highest BCUT2D eigenvalue weighted by Gasteiger charge is 2.21. The van der Waals surface area contributed by atoms with E-state index in [0.717, 1.165) is 17.9 Å². The summed E-state index contributed by atoms with van der Waals surface area (Å²) in [5, 5.41) is 4.75. The molecule has 0 spiro atoms. The van der Waals surface area contributed by atoms with Crippen LogP contribution in [0, 0.1) is 0 Å². The number of amidine groups is 1. The molecule has 0 saturated heterocycles. The van der Waals surface area contributed by atoms with Crippen LogP contribution in [0.2, 0.25) is 0 Å². The van der Waals surface area contributed by atoms with Gasteiger partial charge in [0.2, 0.25) is 0 Å². The Morgan fingerprint density at radius 2 is 1.75 bits per heavy atom. The predicted octanol–water partition coefficient (Wildman–Crippen LogP) is 3.26. The van der Waals surface area contributed by atoms with E-state index in [9.17, 15) is 0 Å². The third-order valence-electron chi connectivity index (χ3n) is 3.72. The van der Waals surface area contributed by atoms with Gasteiger partial charge in [-0.15, -0.1) is 0 Å². The van der Waals surface area contributed by atoms with Crippen molar-refractivity contribution < 1.29 is 0 Å². The summed E-state index contributed by atoms with van der Waals surface area (Å²) in [5.41, 5.74) is 3.52. The molecule has 2 N–H and O–H groups in total. The first-order chi connectivity index (χ1) is 9.90. The molecule has 0 saturated carbocycles. The summed E-state index contributed by atoms with van der Waals surface area (Å²) in [6, 6.07) is 21.0. The van der Waals surface area contributed by atoms with E-state index < -0.39 is 0 Å². The monoisotopic (exact) mass is 261 g/mol. The van der Waals surface area contributed by atoms with E-state index in [1.807, 2.05) is 18.2 Å². The minimum atomic E-state index is 0.234. The van der Waals surface area contributed by atoms with Crippen molar-refractivity contribution in [3.05, 3.63) is 71.9 Å². The number of aromatic nitrogens is 1. The maximum Gasteiger partial charge on any atom is 0.128 e. The highest BCUT2D eigenvalue weighted by molar-refractivity contribution is 6.00. The van der Waals surface area contributed by atoms with Crippen molar-refractivity contribution >= 4 is 16.7 Å². The van der Waals surface area contributed by atoms with E-state index in [0.29, 0.717) is 0 Å². The Kier molecular flexibility index (Phi) is 2.56. The molecule has 3 aromatic rings. The van der Waals surface area contributed by atoms with Crippen molar-refractivity contribution in [2.45, 2.75) is 6.04 Å². The molecule has 3 heteroatoms. The van der Waals surface area contributed by atoms with Crippen molar-refractivity contribution in [2.24, 2.45) is 4.99 Å². The molecule has 1 unspecified atom stereocenters. The third kappa shape index (κ3) is 1.88. The zero-order valence-electron chi connectivity index (χ0n) is 11.0. The number of para-hydroxylation sites is 1. The Hall–Kier alpha value is -2.55. The maximum absolute atomic E-state index is 4.62. The van der Waals surface area contributed by atoms with Gasteiger partial charge in [-0.05, 0) is 17.5 Å². The van der Waals surface area contributed by atoms with Gasteiger partial charge in [0, 0.05) is 16.8 Å². The number of nitrogens with one attached hydrogen (secondary N) is 2. The second-order valence-electron chi connectivity index (χ2n) is 5.06. The van der Waals surface area contributed by atoms with Crippen molar-refractivity contribution in [3.63, 3.8) is 0 Å². The summed E-state index contributed by atoms with van der Waals surface area (Å²) in [7, 11) is 0. The average molecular weight is 261 g/mol. The Labute approximate surface area is 117 Å². The van der Waals surface area contributed by atoms with Crippen LogP contribution in [0.25, 0.3) is 10.9 Å². The summed E-state index contributed by atoms with van der Waals surface area (Å²) in [4.78, 5) is 8.09. The minimum absolute atomic E-state index is 0.234. The van der Waals surface area contributed by atoms with Gasteiger partial charge >= 0.3 is 0 Å². The van der Waals surface area contributed by atoms with Crippen LogP contribution in [0.4, 0.5) is 0 Å². The lowest BCUT2D eigenvalue weighted by Gasteiger charge is -2.10. The second kappa shape index (κ2) is 4.53. The Morgan fingerprint density at radius 3 is 2.60 bits per heavy atom. The van der Waals surface area contributed by atoms with Crippen LogP contribution in [0.15, 0.2) is 65.7 Å². The molecule has 3 nitrogen and oxygen atoms in total. The Balaban J connectivity index is 1.60. The van der Waals surface area contributed by atoms with Gasteiger partial charge in [0.25, 0.3) is 0 Å². The smallest absolute Gasteiger partial charge is 0.128 e. The number of aliphatic imine (C=N–C) groups is 1. The number of H-pyrrole nitrogens is 1. The molecule has 1 aliphatic heterocycles. The SMILES string of the molecule is c1ccc(C2=NCC(c3cc4ccccc4[nH]3)N2)cc1. The topological polar surface area (TPSA) is 40.2 Å². The standard InChI is InChI=1S/C17H15N3/c1-2-6-12(7-3-1)17-18-11-16(20-17)15-10-13-8-4-5-9-14(13)19-15/h1-10,16,19H,11H2,(H,18,20). The van der Waals surface area contributed by atoms with E-state index in [1.165, 1.54) is 16.6 Å². The molecule has 2 heterocycles. The summed E-state index contributed by atoms with van der Waals surface area (Å²) in [5.74, 6) is 0.981. The molecule has 0 amide bonds. The first kappa shape index (κ1) is 11.3. The normalized spacial score (nSPS) is 18.0. The quantitative estimate of drug-likeness (QED) is 0.730. The lowest BCUT2D eigenvalue weighted by Crippen LogP contribution is -2.24. The predicted molar refractivity (Wildman–Crippen MR) is 82.0 cm³/mol. The number of benzene rings is 2. The Bertz CT molecular complexity index is 738. The first-order valence-corrected chi connectivity index (χ1v) is 6.84. The minimum Gasteiger partial charge on any atom is -0.360 e. The fraction of sp³-hybridized carbons (Fsp3) is 0.118. The van der Waals surface area contributed by atoms with Gasteiger partial charge in [0.1, 0.15) is 5.84 Å². The molecule has 0 aliphatic carbocycles. The van der Waals surface area contributed by atoms with Crippen LogP contribution < -0.4 is 5.32 Å². The van der Waals surface area contributed by atoms with Crippen molar-refractivity contribution in [1.82, 2.24) is 10.3 Å². The molecule has 1 aliphatic rings. The molecule has 4 rings (SSSR count). The number of rotatable bonds is 2. The molecular formula is C17H15N3. The van der Waals surface area contributed by atoms with Crippen molar-refractivity contribution in [3.8, 4) is 0 Å². The van der Waals surface area contributed by atoms with Crippen molar-refractivity contribution in [2.75, 3.05) is 6.54 Å². The van der Waals surface area contributed by atoms with Crippen molar-refractivity contribution in [1.29, 1.82) is 0 Å². The van der Waals surface area contributed by atoms with E-state index in [4.69, 9.17) is 0 Å². The molecule has 1 atom stereocenters. The second-order valence-corrected chi connectivity index (χ2v) is 5.06. The van der Waals surface area contributed by atoms with Gasteiger partial charge in [0.15, 0.2) is 0 Å². The number of hydrogen-bond acceptors (Lipinski definition) is 2. The fourth-order valence-electron chi connectivity index (χ4n) is 2.67. The first-order valence-electron chi connectivity index (χ1n) is 6.84. The summed E-state index contributed by atoms with van der Waals surface area (Å²) in [6.07, 6.45) is 0. The summed E-state index contributed by atoms with van der Waals surface area (Å²) < 4.78 is 0. The van der Waals surface area contributed by atoms with E-state index in [2.05, 4.69) is 57.8 Å². The van der Waals surface area contributed by atoms with Gasteiger partial charge in [-0.2, -0.15) is 0 Å². The molecule has 98 valence electrons. The van der Waals surface area contributed by atoms with Gasteiger partial charge in [-0.25, -0.2) is 0 Å². The van der Waals surface area contributed by atoms with E-state index >= 15 is 0 Å². The fourth-order valence-corrected chi connectivity index (χ4v) is 2.67. The highest BCUT2D eigenvalue weighted by atomic mass is 15.1. The number of hydrogen-bond donors (Lipinski definition) is 2. The van der Waals surface area contributed by atoms with Crippen LogP contribution in [-0.4, -0.2) is 17.4 Å². The molecule has 1 aromatic heterocycles. The van der Waals surface area contributed by atoms with E-state index in [1.54, 1.807) is 0 Å². The molecule has 20 heavy (non-hydrogen) atoms. The molecule has 0 fully saturated rings. The van der Waals surface area contributed by atoms with Gasteiger partial charge in [-0.1, -0.05) is 48.5 Å². The number of fused-ring (bicyclic) bond motifs is 1. The van der Waals surface area contributed by atoms with Crippen LogP contribution in [0.5, 0.6) is 0 Å². The molecule has 2 aromatic carbocycles. The van der Waals surface area contributed by atoms with Crippen LogP contribution in [0.3, 0.4) is 0 Å². The lowest BCUT2D eigenvalue weighted by atomic mass is 10.2. The van der Waals surface area contributed by atoms with Crippen LogP contribution in [0.1, 0.15) is 17.3 Å². The average Bonchev–Trinajstić information content (AvgIpc) is 3.14. The zero-order chi connectivity index (χ0) is 13.4. The maximum atomic E-state index is 4.62. The molecule has 0 bridgehead atoms. The zero-order valence-corrected chi connectivity index (χ0v) is 11.0. The van der Waals surface area contributed by atoms with Crippen LogP contribution in [-0.2, 0) is 0 Å². The van der Waals surface area contributed by atoms with Gasteiger partial charge in [0.05, 0.1) is 12.6 Å². The van der Waals surface area contributed by atoms with Gasteiger partial charge < -0.3 is 10.3 Å².